The molecule has 0 fully saturated rings. The van der Waals surface area contributed by atoms with Crippen LogP contribution in [-0.4, -0.2) is 28.7 Å². The summed E-state index contributed by atoms with van der Waals surface area (Å²) in [4.78, 5) is 28.3. The van der Waals surface area contributed by atoms with E-state index in [0.717, 1.165) is 9.79 Å². The lowest BCUT2D eigenvalue weighted by Crippen LogP contribution is -2.07. The van der Waals surface area contributed by atoms with Crippen LogP contribution >= 0.6 is 34.7 Å². The van der Waals surface area contributed by atoms with E-state index >= 15 is 0 Å². The van der Waals surface area contributed by atoms with Crippen LogP contribution in [0.1, 0.15) is 18.2 Å². The maximum Gasteiger partial charge on any atom is 0.311 e. The highest BCUT2D eigenvalue weighted by molar-refractivity contribution is 7.99. The number of nitrogens with one attached hydrogen (secondary N) is 1. The van der Waals surface area contributed by atoms with Crippen LogP contribution in [0.2, 0.25) is 5.02 Å². The van der Waals surface area contributed by atoms with Crippen molar-refractivity contribution in [2.75, 3.05) is 12.0 Å². The first-order valence-electron chi connectivity index (χ1n) is 9.05. The van der Waals surface area contributed by atoms with Crippen molar-refractivity contribution in [1.82, 2.24) is 4.98 Å². The number of carbonyl (C=O) groups is 1. The van der Waals surface area contributed by atoms with Crippen LogP contribution in [0.3, 0.4) is 0 Å². The van der Waals surface area contributed by atoms with Crippen molar-refractivity contribution >= 4 is 57.7 Å². The quantitative estimate of drug-likeness (QED) is 0.190. The Labute approximate surface area is 191 Å². The Hall–Kier alpha value is -2.95. The van der Waals surface area contributed by atoms with Crippen molar-refractivity contribution in [3.8, 4) is 0 Å². The molecule has 0 radical (unpaired) electrons. The Bertz CT molecular complexity index is 1100. The van der Waals surface area contributed by atoms with Crippen LogP contribution in [-0.2, 0) is 16.0 Å². The molecular weight excluding hydrogens is 460 g/mol. The lowest BCUT2D eigenvalue weighted by molar-refractivity contribution is -0.384. The van der Waals surface area contributed by atoms with Crippen LogP contribution in [0.4, 0.5) is 10.8 Å². The molecule has 0 saturated carbocycles. The van der Waals surface area contributed by atoms with Crippen LogP contribution in [0, 0.1) is 10.1 Å². The van der Waals surface area contributed by atoms with Crippen molar-refractivity contribution in [2.24, 2.45) is 5.10 Å². The SMILES string of the molecule is CCOC(=O)Cc1csc(NN=Cc2cc([N+](=O)[O-])ccc2Sc2ccc(Cl)cc2)n1. The van der Waals surface area contributed by atoms with Gasteiger partial charge < -0.3 is 4.74 Å². The fraction of sp³-hybridized carbons (Fsp3) is 0.150. The number of hydrogen-bond acceptors (Lipinski definition) is 9. The molecule has 0 aliphatic carbocycles. The topological polar surface area (TPSA) is 107 Å². The third kappa shape index (κ3) is 6.78. The number of ether oxygens (including phenoxy) is 1. The minimum Gasteiger partial charge on any atom is -0.466 e. The predicted octanol–water partition coefficient (Wildman–Crippen LogP) is 5.41. The fourth-order valence-electron chi connectivity index (χ4n) is 2.43. The Morgan fingerprint density at radius 2 is 2.13 bits per heavy atom. The predicted molar refractivity (Wildman–Crippen MR) is 122 cm³/mol. The van der Waals surface area contributed by atoms with Gasteiger partial charge in [0.15, 0.2) is 0 Å². The van der Waals surface area contributed by atoms with Crippen LogP contribution in [0.25, 0.3) is 0 Å². The van der Waals surface area contributed by atoms with E-state index in [1.807, 2.05) is 12.1 Å². The molecule has 11 heteroatoms. The number of hydrogen-bond donors (Lipinski definition) is 1. The molecule has 1 aromatic heterocycles. The van der Waals surface area contributed by atoms with Crippen LogP contribution < -0.4 is 5.43 Å². The number of nitro benzene ring substituents is 1. The standard InChI is InChI=1S/C20H17ClN4O4S2/c1-2-29-19(26)10-15-12-30-20(23-15)24-22-11-13-9-16(25(27)28)5-8-18(13)31-17-6-3-14(21)4-7-17/h3-9,11-12H,2,10H2,1H3,(H,23,24). The second-order valence-electron chi connectivity index (χ2n) is 6.03. The number of nitro groups is 1. The van der Waals surface area contributed by atoms with Gasteiger partial charge in [0.05, 0.1) is 29.9 Å². The molecule has 160 valence electrons. The highest BCUT2D eigenvalue weighted by Crippen LogP contribution is 2.32. The van der Waals surface area contributed by atoms with Gasteiger partial charge in [-0.2, -0.15) is 5.10 Å². The second-order valence-corrected chi connectivity index (χ2v) is 8.44. The van der Waals surface area contributed by atoms with Gasteiger partial charge in [0.2, 0.25) is 5.13 Å². The number of benzene rings is 2. The molecular formula is C20H17ClN4O4S2. The van der Waals surface area contributed by atoms with E-state index in [0.29, 0.717) is 28.0 Å². The highest BCUT2D eigenvalue weighted by Gasteiger charge is 2.12. The zero-order valence-corrected chi connectivity index (χ0v) is 18.7. The van der Waals surface area contributed by atoms with Crippen molar-refractivity contribution < 1.29 is 14.5 Å². The molecule has 31 heavy (non-hydrogen) atoms. The minimum atomic E-state index is -0.454. The van der Waals surface area contributed by atoms with Gasteiger partial charge in [-0.1, -0.05) is 23.4 Å². The molecule has 0 aliphatic heterocycles. The monoisotopic (exact) mass is 476 g/mol. The van der Waals surface area contributed by atoms with Crippen LogP contribution in [0.15, 0.2) is 62.7 Å². The molecule has 3 aromatic rings. The number of rotatable bonds is 9. The fourth-order valence-corrected chi connectivity index (χ4v) is 4.11. The number of carbonyl (C=O) groups excluding carboxylic acids is 1. The Balaban J connectivity index is 1.74. The first kappa shape index (κ1) is 22.7. The molecule has 0 unspecified atom stereocenters. The Morgan fingerprint density at radius 3 is 2.84 bits per heavy atom. The van der Waals surface area contributed by atoms with Gasteiger partial charge >= 0.3 is 5.97 Å². The Kier molecular flexibility index (Phi) is 7.99. The number of non-ortho nitro benzene ring substituents is 1. The summed E-state index contributed by atoms with van der Waals surface area (Å²) in [6, 6.07) is 11.9. The van der Waals surface area contributed by atoms with Gasteiger partial charge in [0, 0.05) is 37.9 Å². The summed E-state index contributed by atoms with van der Waals surface area (Å²) in [5.74, 6) is -0.344. The van der Waals surface area contributed by atoms with Gasteiger partial charge in [-0.15, -0.1) is 11.3 Å². The largest absolute Gasteiger partial charge is 0.466 e. The van der Waals surface area contributed by atoms with E-state index in [4.69, 9.17) is 16.3 Å². The summed E-state index contributed by atoms with van der Waals surface area (Å²) in [7, 11) is 0. The summed E-state index contributed by atoms with van der Waals surface area (Å²) < 4.78 is 4.90. The molecule has 8 nitrogen and oxygen atoms in total. The summed E-state index contributed by atoms with van der Waals surface area (Å²) in [5, 5.41) is 18.2. The lowest BCUT2D eigenvalue weighted by atomic mass is 10.2. The molecule has 0 amide bonds. The minimum absolute atomic E-state index is 0.0344. The molecule has 1 N–H and O–H groups in total. The van der Waals surface area contributed by atoms with Gasteiger partial charge in [-0.3, -0.25) is 20.3 Å². The Morgan fingerprint density at radius 1 is 1.35 bits per heavy atom. The van der Waals surface area contributed by atoms with E-state index in [1.165, 1.54) is 41.4 Å². The molecule has 0 spiro atoms. The van der Waals surface area contributed by atoms with Crippen molar-refractivity contribution in [1.29, 1.82) is 0 Å². The van der Waals surface area contributed by atoms with Gasteiger partial charge in [0.1, 0.15) is 0 Å². The highest BCUT2D eigenvalue weighted by atomic mass is 35.5. The smallest absolute Gasteiger partial charge is 0.311 e. The maximum absolute atomic E-state index is 11.5. The number of hydrazone groups is 1. The number of anilines is 1. The molecule has 3 rings (SSSR count). The maximum atomic E-state index is 11.5. The molecule has 0 saturated heterocycles. The molecule has 0 atom stereocenters. The third-order valence-corrected chi connectivity index (χ3v) is 5.94. The number of nitrogens with zero attached hydrogens (tertiary/aromatic N) is 3. The average Bonchev–Trinajstić information content (AvgIpc) is 3.17. The normalized spacial score (nSPS) is 10.9. The summed E-state index contributed by atoms with van der Waals surface area (Å²) in [5.41, 5.74) is 3.91. The zero-order chi connectivity index (χ0) is 22.2. The summed E-state index contributed by atoms with van der Waals surface area (Å²) in [6.07, 6.45) is 1.58. The lowest BCUT2D eigenvalue weighted by Gasteiger charge is -2.06. The van der Waals surface area contributed by atoms with Gasteiger partial charge in [-0.05, 0) is 37.3 Å². The van der Waals surface area contributed by atoms with E-state index in [1.54, 1.807) is 30.5 Å². The van der Waals surface area contributed by atoms with Gasteiger partial charge in [0.25, 0.3) is 5.69 Å². The number of thiazole rings is 1. The van der Waals surface area contributed by atoms with Crippen molar-refractivity contribution in [3.05, 3.63) is 74.2 Å². The van der Waals surface area contributed by atoms with E-state index in [9.17, 15) is 14.9 Å². The van der Waals surface area contributed by atoms with Crippen molar-refractivity contribution in [2.45, 2.75) is 23.1 Å². The average molecular weight is 477 g/mol. The molecule has 1 heterocycles. The molecule has 0 aliphatic rings. The zero-order valence-electron chi connectivity index (χ0n) is 16.3. The number of esters is 1. The van der Waals surface area contributed by atoms with Crippen molar-refractivity contribution in [3.63, 3.8) is 0 Å². The second kappa shape index (κ2) is 10.9. The number of halogens is 1. The summed E-state index contributed by atoms with van der Waals surface area (Å²) >= 11 is 8.66. The van der Waals surface area contributed by atoms with Crippen LogP contribution in [0.5, 0.6) is 0 Å². The first-order chi connectivity index (χ1) is 14.9. The van der Waals surface area contributed by atoms with E-state index < -0.39 is 4.92 Å². The third-order valence-electron chi connectivity index (χ3n) is 3.79. The van der Waals surface area contributed by atoms with Gasteiger partial charge in [-0.25, -0.2) is 4.98 Å². The number of aromatic nitrogens is 1. The molecule has 2 aromatic carbocycles. The molecule has 0 bridgehead atoms. The summed E-state index contributed by atoms with van der Waals surface area (Å²) in [6.45, 7) is 2.06. The first-order valence-corrected chi connectivity index (χ1v) is 11.1. The van der Waals surface area contributed by atoms with E-state index in [-0.39, 0.29) is 18.1 Å². The van der Waals surface area contributed by atoms with E-state index in [2.05, 4.69) is 15.5 Å².